The van der Waals surface area contributed by atoms with Crippen LogP contribution in [0.3, 0.4) is 0 Å². The maximum Gasteiger partial charge on any atom is 0.194 e. The van der Waals surface area contributed by atoms with E-state index in [0.29, 0.717) is 12.5 Å². The molecule has 2 saturated heterocycles. The van der Waals surface area contributed by atoms with Gasteiger partial charge in [-0.1, -0.05) is 30.3 Å². The topological polar surface area (TPSA) is 70.8 Å². The standard InChI is InChI=1S/C23H35N7O/c1-19-26-27-22(28(19)2)17-25-23(24-9-11-29-12-14-31-15-13-29)30-10-8-21(18-30)16-20-6-4-3-5-7-20/h3-7,21H,8-18H2,1-2H3,(H,24,25). The largest absolute Gasteiger partial charge is 0.379 e. The predicted molar refractivity (Wildman–Crippen MR) is 122 cm³/mol. The number of rotatable bonds is 7. The zero-order valence-electron chi connectivity index (χ0n) is 18.8. The van der Waals surface area contributed by atoms with Gasteiger partial charge in [-0.3, -0.25) is 4.90 Å². The summed E-state index contributed by atoms with van der Waals surface area (Å²) in [6, 6.07) is 10.8. The number of hydrogen-bond donors (Lipinski definition) is 1. The molecule has 4 rings (SSSR count). The van der Waals surface area contributed by atoms with Gasteiger partial charge in [0.25, 0.3) is 0 Å². The fourth-order valence-corrected chi connectivity index (χ4v) is 4.29. The van der Waals surface area contributed by atoms with Crippen molar-refractivity contribution in [1.82, 2.24) is 29.9 Å². The van der Waals surface area contributed by atoms with E-state index in [1.807, 2.05) is 18.5 Å². The van der Waals surface area contributed by atoms with Crippen LogP contribution in [0.15, 0.2) is 35.3 Å². The third kappa shape index (κ3) is 6.04. The van der Waals surface area contributed by atoms with Crippen molar-refractivity contribution >= 4 is 5.96 Å². The lowest BCUT2D eigenvalue weighted by Crippen LogP contribution is -2.45. The first-order valence-corrected chi connectivity index (χ1v) is 11.4. The molecule has 2 aromatic rings. The minimum Gasteiger partial charge on any atom is -0.379 e. The van der Waals surface area contributed by atoms with Gasteiger partial charge in [0.2, 0.25) is 0 Å². The summed E-state index contributed by atoms with van der Waals surface area (Å²) in [5, 5.41) is 12.1. The Labute approximate surface area is 185 Å². The van der Waals surface area contributed by atoms with Crippen LogP contribution in [-0.4, -0.2) is 83.0 Å². The second-order valence-electron chi connectivity index (χ2n) is 8.53. The quantitative estimate of drug-likeness (QED) is 0.535. The molecule has 1 atom stereocenters. The maximum absolute atomic E-state index is 5.46. The Hall–Kier alpha value is -2.45. The molecule has 3 heterocycles. The molecule has 2 aliphatic heterocycles. The molecule has 2 fully saturated rings. The molecule has 0 bridgehead atoms. The van der Waals surface area contributed by atoms with Crippen molar-refractivity contribution in [3.63, 3.8) is 0 Å². The minimum atomic E-state index is 0.539. The summed E-state index contributed by atoms with van der Waals surface area (Å²) in [6.45, 7) is 10.2. The van der Waals surface area contributed by atoms with Crippen molar-refractivity contribution in [2.75, 3.05) is 52.5 Å². The molecule has 8 nitrogen and oxygen atoms in total. The van der Waals surface area contributed by atoms with Crippen molar-refractivity contribution in [1.29, 1.82) is 0 Å². The van der Waals surface area contributed by atoms with Gasteiger partial charge in [0.05, 0.1) is 13.2 Å². The third-order valence-electron chi connectivity index (χ3n) is 6.32. The molecule has 1 unspecified atom stereocenters. The number of nitrogens with zero attached hydrogens (tertiary/aromatic N) is 6. The van der Waals surface area contributed by atoms with Gasteiger partial charge in [-0.25, -0.2) is 4.99 Å². The zero-order valence-corrected chi connectivity index (χ0v) is 18.8. The highest BCUT2D eigenvalue weighted by Gasteiger charge is 2.25. The fraction of sp³-hybridized carbons (Fsp3) is 0.609. The molecule has 31 heavy (non-hydrogen) atoms. The highest BCUT2D eigenvalue weighted by atomic mass is 16.5. The lowest BCUT2D eigenvalue weighted by Gasteiger charge is -2.28. The molecule has 0 aliphatic carbocycles. The molecule has 0 saturated carbocycles. The number of guanidine groups is 1. The lowest BCUT2D eigenvalue weighted by molar-refractivity contribution is 0.0388. The number of benzene rings is 1. The molecule has 1 aromatic heterocycles. The highest BCUT2D eigenvalue weighted by molar-refractivity contribution is 5.80. The average molecular weight is 426 g/mol. The Bertz CT molecular complexity index is 845. The third-order valence-corrected chi connectivity index (χ3v) is 6.32. The number of aromatic nitrogens is 3. The summed E-state index contributed by atoms with van der Waals surface area (Å²) in [7, 11) is 2.00. The van der Waals surface area contributed by atoms with Crippen molar-refractivity contribution in [2.24, 2.45) is 18.0 Å². The van der Waals surface area contributed by atoms with Crippen LogP contribution in [0.5, 0.6) is 0 Å². The van der Waals surface area contributed by atoms with E-state index in [1.165, 1.54) is 12.0 Å². The van der Waals surface area contributed by atoms with Crippen molar-refractivity contribution < 1.29 is 4.74 Å². The van der Waals surface area contributed by atoms with E-state index in [-0.39, 0.29) is 0 Å². The highest BCUT2D eigenvalue weighted by Crippen LogP contribution is 2.21. The number of hydrogen-bond acceptors (Lipinski definition) is 5. The minimum absolute atomic E-state index is 0.539. The second kappa shape index (κ2) is 10.7. The molecule has 0 amide bonds. The molecular weight excluding hydrogens is 390 g/mol. The van der Waals surface area contributed by atoms with Gasteiger partial charge in [-0.05, 0) is 31.2 Å². The summed E-state index contributed by atoms with van der Waals surface area (Å²) in [5.41, 5.74) is 1.42. The van der Waals surface area contributed by atoms with Gasteiger partial charge in [0.15, 0.2) is 11.8 Å². The van der Waals surface area contributed by atoms with Crippen LogP contribution in [-0.2, 0) is 24.8 Å². The van der Waals surface area contributed by atoms with Gasteiger partial charge in [-0.2, -0.15) is 0 Å². The monoisotopic (exact) mass is 425 g/mol. The Morgan fingerprint density at radius 2 is 1.97 bits per heavy atom. The number of nitrogens with one attached hydrogen (secondary N) is 1. The molecule has 8 heteroatoms. The van der Waals surface area contributed by atoms with Crippen molar-refractivity contribution in [3.05, 3.63) is 47.5 Å². The molecular formula is C23H35N7O. The molecule has 0 radical (unpaired) electrons. The van der Waals surface area contributed by atoms with E-state index in [4.69, 9.17) is 9.73 Å². The molecule has 168 valence electrons. The predicted octanol–water partition coefficient (Wildman–Crippen LogP) is 1.47. The molecule has 2 aliphatic rings. The Morgan fingerprint density at radius 1 is 1.16 bits per heavy atom. The number of morpholine rings is 1. The maximum atomic E-state index is 5.46. The first kappa shape index (κ1) is 21.8. The van der Waals surface area contributed by atoms with Crippen LogP contribution in [0.25, 0.3) is 0 Å². The lowest BCUT2D eigenvalue weighted by atomic mass is 9.99. The van der Waals surface area contributed by atoms with Gasteiger partial charge in [0.1, 0.15) is 12.4 Å². The van der Waals surface area contributed by atoms with Crippen LogP contribution in [0.2, 0.25) is 0 Å². The van der Waals surface area contributed by atoms with Gasteiger partial charge in [-0.15, -0.1) is 10.2 Å². The summed E-state index contributed by atoms with van der Waals surface area (Å²) in [4.78, 5) is 9.80. The average Bonchev–Trinajstić information content (AvgIpc) is 3.39. The summed E-state index contributed by atoms with van der Waals surface area (Å²) < 4.78 is 7.47. The first-order valence-electron chi connectivity index (χ1n) is 11.4. The summed E-state index contributed by atoms with van der Waals surface area (Å²) in [6.07, 6.45) is 2.32. The zero-order chi connectivity index (χ0) is 21.5. The van der Waals surface area contributed by atoms with E-state index in [9.17, 15) is 0 Å². The molecule has 0 spiro atoms. The van der Waals surface area contributed by atoms with E-state index in [2.05, 4.69) is 55.6 Å². The number of ether oxygens (including phenoxy) is 1. The first-order chi connectivity index (χ1) is 15.2. The van der Waals surface area contributed by atoms with E-state index < -0.39 is 0 Å². The van der Waals surface area contributed by atoms with Gasteiger partial charge in [0, 0.05) is 46.3 Å². The van der Waals surface area contributed by atoms with Crippen molar-refractivity contribution in [2.45, 2.75) is 26.3 Å². The van der Waals surface area contributed by atoms with Crippen LogP contribution in [0, 0.1) is 12.8 Å². The molecule has 1 aromatic carbocycles. The molecule has 1 N–H and O–H groups in total. The summed E-state index contributed by atoms with van der Waals surface area (Å²) >= 11 is 0. The number of likely N-dealkylation sites (tertiary alicyclic amines) is 1. The van der Waals surface area contributed by atoms with Gasteiger partial charge >= 0.3 is 0 Å². The van der Waals surface area contributed by atoms with E-state index in [0.717, 1.165) is 76.5 Å². The SMILES string of the molecule is Cc1nnc(CN=C(NCCN2CCOCC2)N2CCC(Cc3ccccc3)C2)n1C. The number of aryl methyl sites for hydroxylation is 1. The smallest absolute Gasteiger partial charge is 0.194 e. The normalized spacial score (nSPS) is 20.4. The van der Waals surface area contributed by atoms with Crippen LogP contribution >= 0.6 is 0 Å². The van der Waals surface area contributed by atoms with E-state index in [1.54, 1.807) is 0 Å². The van der Waals surface area contributed by atoms with Crippen LogP contribution < -0.4 is 5.32 Å². The Morgan fingerprint density at radius 3 is 2.71 bits per heavy atom. The van der Waals surface area contributed by atoms with E-state index >= 15 is 0 Å². The Balaban J connectivity index is 1.37. The number of aliphatic imine (C=N–C) groups is 1. The van der Waals surface area contributed by atoms with Gasteiger partial charge < -0.3 is 19.5 Å². The Kier molecular flexibility index (Phi) is 7.53. The van der Waals surface area contributed by atoms with Crippen LogP contribution in [0.4, 0.5) is 0 Å². The fourth-order valence-electron chi connectivity index (χ4n) is 4.29. The summed E-state index contributed by atoms with van der Waals surface area (Å²) in [5.74, 6) is 3.45. The second-order valence-corrected chi connectivity index (χ2v) is 8.53. The van der Waals surface area contributed by atoms with Crippen molar-refractivity contribution in [3.8, 4) is 0 Å². The van der Waals surface area contributed by atoms with Crippen LogP contribution in [0.1, 0.15) is 23.6 Å².